The molecule has 2 N–H and O–H groups in total. The zero-order valence-corrected chi connectivity index (χ0v) is 15.0. The molecule has 1 heterocycles. The Morgan fingerprint density at radius 3 is 2.15 bits per heavy atom. The van der Waals surface area contributed by atoms with Crippen molar-refractivity contribution in [1.82, 2.24) is 15.3 Å². The Labute approximate surface area is 153 Å². The molecule has 0 aliphatic rings. The highest BCUT2D eigenvalue weighted by Crippen LogP contribution is 2.14. The fourth-order valence-electron chi connectivity index (χ4n) is 2.45. The fraction of sp³-hybridized carbons (Fsp3) is 0.190. The summed E-state index contributed by atoms with van der Waals surface area (Å²) in [6, 6.07) is 16.2. The van der Waals surface area contributed by atoms with Crippen LogP contribution in [0.25, 0.3) is 0 Å². The van der Waals surface area contributed by atoms with E-state index < -0.39 is 0 Å². The van der Waals surface area contributed by atoms with Crippen LogP contribution in [-0.4, -0.2) is 15.9 Å². The van der Waals surface area contributed by atoms with E-state index in [1.807, 2.05) is 43.3 Å². The maximum atomic E-state index is 12.2. The lowest BCUT2D eigenvalue weighted by Gasteiger charge is -2.07. The molecule has 132 valence electrons. The van der Waals surface area contributed by atoms with Gasteiger partial charge in [-0.1, -0.05) is 48.9 Å². The van der Waals surface area contributed by atoms with Crippen LogP contribution in [0.3, 0.4) is 0 Å². The second kappa shape index (κ2) is 8.25. The van der Waals surface area contributed by atoms with Gasteiger partial charge in [-0.3, -0.25) is 4.79 Å². The van der Waals surface area contributed by atoms with E-state index in [0.29, 0.717) is 18.1 Å². The number of benzene rings is 2. The van der Waals surface area contributed by atoms with Crippen LogP contribution < -0.4 is 10.6 Å². The van der Waals surface area contributed by atoms with Crippen LogP contribution in [0.5, 0.6) is 0 Å². The van der Waals surface area contributed by atoms with Crippen molar-refractivity contribution < 1.29 is 4.79 Å². The van der Waals surface area contributed by atoms with Gasteiger partial charge in [0.15, 0.2) is 0 Å². The van der Waals surface area contributed by atoms with Crippen molar-refractivity contribution in [3.05, 3.63) is 83.2 Å². The molecule has 3 rings (SSSR count). The van der Waals surface area contributed by atoms with Crippen molar-refractivity contribution >= 4 is 17.5 Å². The molecule has 0 bridgehead atoms. The number of nitrogens with zero attached hydrogens (tertiary/aromatic N) is 2. The Balaban J connectivity index is 1.57. The molecule has 3 aromatic rings. The summed E-state index contributed by atoms with van der Waals surface area (Å²) in [7, 11) is 0. The van der Waals surface area contributed by atoms with Crippen LogP contribution in [-0.2, 0) is 13.0 Å². The Kier molecular flexibility index (Phi) is 5.59. The van der Waals surface area contributed by atoms with Gasteiger partial charge in [0.2, 0.25) is 5.95 Å². The molecule has 0 aliphatic carbocycles. The number of aryl methyl sites for hydroxylation is 2. The van der Waals surface area contributed by atoms with E-state index in [-0.39, 0.29) is 5.91 Å². The van der Waals surface area contributed by atoms with E-state index in [4.69, 9.17) is 0 Å². The van der Waals surface area contributed by atoms with Crippen LogP contribution in [0, 0.1) is 6.92 Å². The first kappa shape index (κ1) is 17.6. The Morgan fingerprint density at radius 2 is 1.54 bits per heavy atom. The first-order valence-electron chi connectivity index (χ1n) is 8.66. The molecular weight excluding hydrogens is 324 g/mol. The van der Waals surface area contributed by atoms with Gasteiger partial charge in [0, 0.05) is 24.6 Å². The third-order valence-corrected chi connectivity index (χ3v) is 4.11. The summed E-state index contributed by atoms with van der Waals surface area (Å²) in [6.07, 6.45) is 4.06. The number of hydrogen-bond acceptors (Lipinski definition) is 4. The van der Waals surface area contributed by atoms with Crippen molar-refractivity contribution in [2.24, 2.45) is 0 Å². The molecule has 0 saturated heterocycles. The molecule has 5 heteroatoms. The third-order valence-electron chi connectivity index (χ3n) is 4.11. The lowest BCUT2D eigenvalue weighted by molar-refractivity contribution is 0.0950. The predicted octanol–water partition coefficient (Wildman–Crippen LogP) is 4.02. The maximum absolute atomic E-state index is 12.2. The summed E-state index contributed by atoms with van der Waals surface area (Å²) >= 11 is 0. The average molecular weight is 346 g/mol. The quantitative estimate of drug-likeness (QED) is 0.707. The van der Waals surface area contributed by atoms with Gasteiger partial charge >= 0.3 is 0 Å². The number of hydrogen-bond donors (Lipinski definition) is 2. The summed E-state index contributed by atoms with van der Waals surface area (Å²) in [5.41, 5.74) is 4.87. The largest absolute Gasteiger partial charge is 0.348 e. The summed E-state index contributed by atoms with van der Waals surface area (Å²) in [5.74, 6) is 0.272. The van der Waals surface area contributed by atoms with E-state index in [9.17, 15) is 4.79 Å². The topological polar surface area (TPSA) is 66.9 Å². The van der Waals surface area contributed by atoms with Crippen molar-refractivity contribution in [1.29, 1.82) is 0 Å². The Hall–Kier alpha value is -3.21. The maximum Gasteiger partial charge on any atom is 0.254 e. The molecule has 0 unspecified atom stereocenters. The average Bonchev–Trinajstić information content (AvgIpc) is 2.68. The summed E-state index contributed by atoms with van der Waals surface area (Å²) in [5, 5.41) is 6.01. The molecule has 26 heavy (non-hydrogen) atoms. The van der Waals surface area contributed by atoms with Crippen LogP contribution in [0.1, 0.15) is 34.0 Å². The van der Waals surface area contributed by atoms with Crippen LogP contribution in [0.4, 0.5) is 11.6 Å². The zero-order chi connectivity index (χ0) is 18.4. The monoisotopic (exact) mass is 346 g/mol. The smallest absolute Gasteiger partial charge is 0.254 e. The molecule has 0 fully saturated rings. The van der Waals surface area contributed by atoms with Gasteiger partial charge in [0.1, 0.15) is 0 Å². The minimum Gasteiger partial charge on any atom is -0.348 e. The normalized spacial score (nSPS) is 10.4. The lowest BCUT2D eigenvalue weighted by atomic mass is 10.1. The number of aromatic nitrogens is 2. The Morgan fingerprint density at radius 1 is 0.923 bits per heavy atom. The van der Waals surface area contributed by atoms with E-state index >= 15 is 0 Å². The van der Waals surface area contributed by atoms with E-state index in [1.54, 1.807) is 0 Å². The number of rotatable bonds is 6. The van der Waals surface area contributed by atoms with Crippen molar-refractivity contribution in [2.45, 2.75) is 26.8 Å². The van der Waals surface area contributed by atoms with Crippen LogP contribution in [0.2, 0.25) is 0 Å². The summed E-state index contributed by atoms with van der Waals surface area (Å²) in [6.45, 7) is 4.63. The number of amides is 1. The highest BCUT2D eigenvalue weighted by Gasteiger charge is 2.07. The number of carbonyl (C=O) groups is 1. The molecule has 0 radical (unpaired) electrons. The second-order valence-electron chi connectivity index (χ2n) is 6.14. The summed E-state index contributed by atoms with van der Waals surface area (Å²) < 4.78 is 0. The Bertz CT molecular complexity index is 856. The number of nitrogens with one attached hydrogen (secondary N) is 2. The van der Waals surface area contributed by atoms with Gasteiger partial charge in [0.25, 0.3) is 5.91 Å². The third kappa shape index (κ3) is 4.66. The molecule has 0 saturated carbocycles. The van der Waals surface area contributed by atoms with Crippen LogP contribution >= 0.6 is 0 Å². The molecular formula is C21H22N4O. The van der Waals surface area contributed by atoms with Gasteiger partial charge < -0.3 is 10.6 Å². The highest BCUT2D eigenvalue weighted by atomic mass is 16.1. The second-order valence-corrected chi connectivity index (χ2v) is 6.14. The molecule has 0 spiro atoms. The van der Waals surface area contributed by atoms with Gasteiger partial charge in [-0.2, -0.15) is 0 Å². The van der Waals surface area contributed by atoms with Gasteiger partial charge in [0.05, 0.1) is 5.56 Å². The van der Waals surface area contributed by atoms with Crippen LogP contribution in [0.15, 0.2) is 60.9 Å². The molecule has 1 amide bonds. The number of anilines is 2. The zero-order valence-electron chi connectivity index (χ0n) is 15.0. The first-order valence-corrected chi connectivity index (χ1v) is 8.66. The molecule has 1 aromatic heterocycles. The van der Waals surface area contributed by atoms with Gasteiger partial charge in [-0.25, -0.2) is 9.97 Å². The van der Waals surface area contributed by atoms with Crippen molar-refractivity contribution in [2.75, 3.05) is 5.32 Å². The number of carbonyl (C=O) groups excluding carboxylic acids is 1. The SMILES string of the molecule is CCc1ccc(Nc2ncc(C(=O)NCc3ccc(C)cc3)cn2)cc1. The fourth-order valence-corrected chi connectivity index (χ4v) is 2.45. The molecule has 0 aliphatic heterocycles. The molecule has 2 aromatic carbocycles. The van der Waals surface area contributed by atoms with E-state index in [0.717, 1.165) is 17.7 Å². The van der Waals surface area contributed by atoms with Gasteiger partial charge in [-0.15, -0.1) is 0 Å². The van der Waals surface area contributed by atoms with Crippen molar-refractivity contribution in [3.8, 4) is 0 Å². The molecule has 5 nitrogen and oxygen atoms in total. The minimum atomic E-state index is -0.190. The summed E-state index contributed by atoms with van der Waals surface area (Å²) in [4.78, 5) is 20.7. The lowest BCUT2D eigenvalue weighted by Crippen LogP contribution is -2.23. The minimum absolute atomic E-state index is 0.190. The predicted molar refractivity (Wildman–Crippen MR) is 103 cm³/mol. The van der Waals surface area contributed by atoms with E-state index in [1.165, 1.54) is 23.5 Å². The van der Waals surface area contributed by atoms with Gasteiger partial charge in [-0.05, 0) is 36.6 Å². The van der Waals surface area contributed by atoms with Crippen molar-refractivity contribution in [3.63, 3.8) is 0 Å². The highest BCUT2D eigenvalue weighted by molar-refractivity contribution is 5.93. The molecule has 0 atom stereocenters. The standard InChI is InChI=1S/C21H22N4O/c1-3-16-8-10-19(11-9-16)25-21-23-13-18(14-24-21)20(26)22-12-17-6-4-15(2)5-7-17/h4-11,13-14H,3,12H2,1-2H3,(H,22,26)(H,23,24,25). The first-order chi connectivity index (χ1) is 12.6. The van der Waals surface area contributed by atoms with E-state index in [2.05, 4.69) is 39.7 Å².